The van der Waals surface area contributed by atoms with Gasteiger partial charge in [-0.3, -0.25) is 4.79 Å². The fourth-order valence-corrected chi connectivity index (χ4v) is 2.77. The second-order valence-electron chi connectivity index (χ2n) is 9.36. The zero-order valence-electron chi connectivity index (χ0n) is 18.2. The van der Waals surface area contributed by atoms with E-state index in [-0.39, 0.29) is 23.8 Å². The normalized spacial score (nSPS) is 17.2. The second-order valence-corrected chi connectivity index (χ2v) is 9.36. The summed E-state index contributed by atoms with van der Waals surface area (Å²) in [5.74, 6) is 1.00. The highest BCUT2D eigenvalue weighted by Gasteiger charge is 2.28. The first-order valence-electron chi connectivity index (χ1n) is 10.3. The highest BCUT2D eigenvalue weighted by molar-refractivity contribution is 5.78. The number of hydrogen-bond donors (Lipinski definition) is 0. The first-order valence-corrected chi connectivity index (χ1v) is 10.3. The van der Waals surface area contributed by atoms with E-state index in [0.29, 0.717) is 11.5 Å². The largest absolute Gasteiger partial charge is 0.465 e. The molecule has 0 radical (unpaired) electrons. The number of ether oxygens (including phenoxy) is 4. The van der Waals surface area contributed by atoms with Crippen molar-refractivity contribution in [3.05, 3.63) is 24.3 Å². The van der Waals surface area contributed by atoms with Crippen molar-refractivity contribution in [1.82, 2.24) is 0 Å². The van der Waals surface area contributed by atoms with Gasteiger partial charge in [-0.1, -0.05) is 27.7 Å². The van der Waals surface area contributed by atoms with Crippen molar-refractivity contribution in [2.45, 2.75) is 79.6 Å². The highest BCUT2D eigenvalue weighted by Crippen LogP contribution is 2.29. The van der Waals surface area contributed by atoms with Crippen molar-refractivity contribution >= 4 is 5.97 Å². The van der Waals surface area contributed by atoms with Crippen LogP contribution in [0.4, 0.5) is 0 Å². The molecule has 1 unspecified atom stereocenters. The van der Waals surface area contributed by atoms with Crippen molar-refractivity contribution < 1.29 is 23.7 Å². The molecule has 1 heterocycles. The predicted molar refractivity (Wildman–Crippen MR) is 110 cm³/mol. The molecule has 0 bridgehead atoms. The molecule has 1 fully saturated rings. The Kier molecular flexibility index (Phi) is 7.90. The molecule has 1 aliphatic rings. The highest BCUT2D eigenvalue weighted by atomic mass is 16.7. The SMILES string of the molecule is CCC(C)(C)C(=O)Oc1ccc(OC(CC(C)(C)C)OC2CCOCC2)cc1. The molecule has 1 aromatic carbocycles. The second kappa shape index (κ2) is 9.75. The third-order valence-electron chi connectivity index (χ3n) is 5.03. The maximum Gasteiger partial charge on any atom is 0.316 e. The van der Waals surface area contributed by atoms with Crippen LogP contribution in [0.3, 0.4) is 0 Å². The molecular formula is C23H36O5. The topological polar surface area (TPSA) is 54.0 Å². The lowest BCUT2D eigenvalue weighted by Gasteiger charge is -2.31. The number of rotatable bonds is 8. The fraction of sp³-hybridized carbons (Fsp3) is 0.696. The number of benzene rings is 1. The van der Waals surface area contributed by atoms with Crippen LogP contribution in [0.1, 0.15) is 67.2 Å². The first-order chi connectivity index (χ1) is 13.1. The molecule has 0 amide bonds. The Morgan fingerprint density at radius 2 is 1.64 bits per heavy atom. The van der Waals surface area contributed by atoms with Crippen LogP contribution in [0, 0.1) is 10.8 Å². The van der Waals surface area contributed by atoms with Crippen LogP contribution >= 0.6 is 0 Å². The van der Waals surface area contributed by atoms with Gasteiger partial charge in [0.15, 0.2) is 0 Å². The van der Waals surface area contributed by atoms with Gasteiger partial charge in [-0.2, -0.15) is 0 Å². The van der Waals surface area contributed by atoms with E-state index >= 15 is 0 Å². The van der Waals surface area contributed by atoms with Gasteiger partial charge in [0.05, 0.1) is 11.5 Å². The average molecular weight is 393 g/mol. The van der Waals surface area contributed by atoms with Gasteiger partial charge in [-0.05, 0) is 62.8 Å². The van der Waals surface area contributed by atoms with Crippen LogP contribution in [-0.4, -0.2) is 31.6 Å². The van der Waals surface area contributed by atoms with Gasteiger partial charge in [-0.25, -0.2) is 0 Å². The summed E-state index contributed by atoms with van der Waals surface area (Å²) in [6.07, 6.45) is 3.14. The number of esters is 1. The molecule has 158 valence electrons. The number of hydrogen-bond acceptors (Lipinski definition) is 5. The summed E-state index contributed by atoms with van der Waals surface area (Å²) in [5, 5.41) is 0. The molecule has 1 aliphatic heterocycles. The fourth-order valence-electron chi connectivity index (χ4n) is 2.77. The lowest BCUT2D eigenvalue weighted by atomic mass is 9.91. The molecule has 5 heteroatoms. The molecule has 0 saturated carbocycles. The van der Waals surface area contributed by atoms with Gasteiger partial charge >= 0.3 is 5.97 Å². The van der Waals surface area contributed by atoms with Crippen molar-refractivity contribution in [2.75, 3.05) is 13.2 Å². The molecular weight excluding hydrogens is 356 g/mol. The molecule has 2 rings (SSSR count). The van der Waals surface area contributed by atoms with E-state index in [1.807, 2.05) is 32.9 Å². The van der Waals surface area contributed by atoms with Gasteiger partial charge in [0.25, 0.3) is 0 Å². The summed E-state index contributed by atoms with van der Waals surface area (Å²) < 4.78 is 23.3. The number of carbonyl (C=O) groups is 1. The summed E-state index contributed by atoms with van der Waals surface area (Å²) in [6, 6.07) is 7.18. The van der Waals surface area contributed by atoms with Crippen LogP contribution in [0.15, 0.2) is 24.3 Å². The van der Waals surface area contributed by atoms with Gasteiger partial charge in [0, 0.05) is 19.6 Å². The van der Waals surface area contributed by atoms with E-state index in [9.17, 15) is 4.79 Å². The Balaban J connectivity index is 1.99. The van der Waals surface area contributed by atoms with E-state index in [1.54, 1.807) is 12.1 Å². The molecule has 28 heavy (non-hydrogen) atoms. The van der Waals surface area contributed by atoms with Gasteiger partial charge in [0.2, 0.25) is 6.29 Å². The molecule has 0 spiro atoms. The Bertz CT molecular complexity index is 609. The first kappa shape index (κ1) is 22.7. The summed E-state index contributed by atoms with van der Waals surface area (Å²) in [6.45, 7) is 13.8. The minimum Gasteiger partial charge on any atom is -0.465 e. The zero-order valence-corrected chi connectivity index (χ0v) is 18.2. The Morgan fingerprint density at radius 3 is 2.18 bits per heavy atom. The zero-order chi connectivity index (χ0) is 20.8. The van der Waals surface area contributed by atoms with Crippen LogP contribution in [-0.2, 0) is 14.3 Å². The molecule has 1 atom stereocenters. The lowest BCUT2D eigenvalue weighted by molar-refractivity contribution is -0.155. The minimum atomic E-state index is -0.496. The van der Waals surface area contributed by atoms with E-state index in [1.165, 1.54) is 0 Å². The predicted octanol–water partition coefficient (Wildman–Crippen LogP) is 5.36. The van der Waals surface area contributed by atoms with E-state index in [0.717, 1.165) is 38.9 Å². The van der Waals surface area contributed by atoms with Crippen LogP contribution in [0.5, 0.6) is 11.5 Å². The molecule has 5 nitrogen and oxygen atoms in total. The van der Waals surface area contributed by atoms with E-state index in [4.69, 9.17) is 18.9 Å². The van der Waals surface area contributed by atoms with E-state index < -0.39 is 5.41 Å². The molecule has 0 aromatic heterocycles. The van der Waals surface area contributed by atoms with Crippen molar-refractivity contribution in [3.8, 4) is 11.5 Å². The molecule has 1 aromatic rings. The third-order valence-corrected chi connectivity index (χ3v) is 5.03. The van der Waals surface area contributed by atoms with Crippen molar-refractivity contribution in [3.63, 3.8) is 0 Å². The van der Waals surface area contributed by atoms with Crippen molar-refractivity contribution in [1.29, 1.82) is 0 Å². The van der Waals surface area contributed by atoms with Crippen LogP contribution < -0.4 is 9.47 Å². The maximum absolute atomic E-state index is 12.2. The summed E-state index contributed by atoms with van der Waals surface area (Å²) >= 11 is 0. The van der Waals surface area contributed by atoms with Crippen LogP contribution in [0.25, 0.3) is 0 Å². The minimum absolute atomic E-state index is 0.0804. The quantitative estimate of drug-likeness (QED) is 0.338. The molecule has 0 aliphatic carbocycles. The maximum atomic E-state index is 12.2. The smallest absolute Gasteiger partial charge is 0.316 e. The average Bonchev–Trinajstić information content (AvgIpc) is 2.62. The Morgan fingerprint density at radius 1 is 1.07 bits per heavy atom. The Labute approximate surface area is 169 Å². The molecule has 1 saturated heterocycles. The summed E-state index contributed by atoms with van der Waals surface area (Å²) in [7, 11) is 0. The van der Waals surface area contributed by atoms with E-state index in [2.05, 4.69) is 20.8 Å². The van der Waals surface area contributed by atoms with Gasteiger partial charge in [-0.15, -0.1) is 0 Å². The van der Waals surface area contributed by atoms with Crippen LogP contribution in [0.2, 0.25) is 0 Å². The van der Waals surface area contributed by atoms with Gasteiger partial charge < -0.3 is 18.9 Å². The third kappa shape index (κ3) is 7.44. The lowest BCUT2D eigenvalue weighted by Crippen LogP contribution is -2.34. The molecule has 0 N–H and O–H groups in total. The standard InChI is InChI=1S/C23H36O5/c1-7-23(5,6)21(24)28-18-10-8-17(9-11-18)26-20(16-22(2,3)4)27-19-12-14-25-15-13-19/h8-11,19-20H,7,12-16H2,1-6H3. The van der Waals surface area contributed by atoms with Crippen molar-refractivity contribution in [2.24, 2.45) is 10.8 Å². The summed E-state index contributed by atoms with van der Waals surface area (Å²) in [4.78, 5) is 12.2. The monoisotopic (exact) mass is 392 g/mol. The Hall–Kier alpha value is -1.59. The number of carbonyl (C=O) groups excluding carboxylic acids is 1. The van der Waals surface area contributed by atoms with Gasteiger partial charge in [0.1, 0.15) is 11.5 Å². The summed E-state index contributed by atoms with van der Waals surface area (Å²) in [5.41, 5.74) is -0.415.